The number of nitrogens with zero attached hydrogens (tertiary/aromatic N) is 1. The quantitative estimate of drug-likeness (QED) is 0.853. The Bertz CT molecular complexity index is 691. The number of aromatic nitrogens is 1. The fourth-order valence-corrected chi connectivity index (χ4v) is 3.39. The molecule has 21 heavy (non-hydrogen) atoms. The second-order valence-electron chi connectivity index (χ2n) is 4.48. The van der Waals surface area contributed by atoms with E-state index in [0.717, 1.165) is 17.0 Å². The van der Waals surface area contributed by atoms with Crippen LogP contribution in [0.1, 0.15) is 22.4 Å². The molecule has 6 heteroatoms. The lowest BCUT2D eigenvalue weighted by atomic mass is 10.2. The second kappa shape index (κ2) is 7.49. The summed E-state index contributed by atoms with van der Waals surface area (Å²) in [5.74, 6) is 0. The maximum Gasteiger partial charge on any atom is 0.233 e. The zero-order valence-corrected chi connectivity index (χ0v) is 13.5. The SMILES string of the molecule is CCc1cnc(CCNS(=O)(=O)/C=C/c2ccccc2)s1. The Morgan fingerprint density at radius 2 is 2.05 bits per heavy atom. The first-order valence-electron chi connectivity index (χ1n) is 6.75. The Morgan fingerprint density at radius 3 is 2.71 bits per heavy atom. The van der Waals surface area contributed by atoms with E-state index in [1.165, 1.54) is 10.3 Å². The van der Waals surface area contributed by atoms with E-state index in [9.17, 15) is 8.42 Å². The van der Waals surface area contributed by atoms with E-state index in [4.69, 9.17) is 0 Å². The van der Waals surface area contributed by atoms with Crippen LogP contribution in [0, 0.1) is 0 Å². The fourth-order valence-electron chi connectivity index (χ4n) is 1.71. The highest BCUT2D eigenvalue weighted by Crippen LogP contribution is 2.13. The molecule has 0 spiro atoms. The molecular formula is C15H18N2O2S2. The predicted molar refractivity (Wildman–Crippen MR) is 87.6 cm³/mol. The molecule has 112 valence electrons. The highest BCUT2D eigenvalue weighted by atomic mass is 32.2. The van der Waals surface area contributed by atoms with E-state index in [0.29, 0.717) is 13.0 Å². The molecule has 0 atom stereocenters. The summed E-state index contributed by atoms with van der Waals surface area (Å²) in [6.07, 6.45) is 5.01. The number of aryl methyl sites for hydroxylation is 1. The molecule has 4 nitrogen and oxygen atoms in total. The third kappa shape index (κ3) is 5.41. The van der Waals surface area contributed by atoms with Crippen molar-refractivity contribution in [3.8, 4) is 0 Å². The van der Waals surface area contributed by atoms with Crippen LogP contribution < -0.4 is 4.72 Å². The van der Waals surface area contributed by atoms with Crippen LogP contribution >= 0.6 is 11.3 Å². The summed E-state index contributed by atoms with van der Waals surface area (Å²) in [5, 5.41) is 2.16. The van der Waals surface area contributed by atoms with E-state index in [2.05, 4.69) is 16.6 Å². The first-order valence-corrected chi connectivity index (χ1v) is 9.12. The topological polar surface area (TPSA) is 59.1 Å². The summed E-state index contributed by atoms with van der Waals surface area (Å²) in [6, 6.07) is 9.34. The highest BCUT2D eigenvalue weighted by Gasteiger charge is 2.06. The van der Waals surface area contributed by atoms with Gasteiger partial charge in [0, 0.05) is 29.4 Å². The average Bonchev–Trinajstić information content (AvgIpc) is 2.94. The maximum atomic E-state index is 11.8. The van der Waals surface area contributed by atoms with Gasteiger partial charge in [-0.2, -0.15) is 0 Å². The molecule has 2 aromatic rings. The number of hydrogen-bond donors (Lipinski definition) is 1. The van der Waals surface area contributed by atoms with Gasteiger partial charge in [0.05, 0.1) is 5.01 Å². The molecule has 0 aliphatic heterocycles. The minimum atomic E-state index is -3.40. The molecule has 1 heterocycles. The van der Waals surface area contributed by atoms with E-state index in [-0.39, 0.29) is 0 Å². The van der Waals surface area contributed by atoms with E-state index >= 15 is 0 Å². The fraction of sp³-hybridized carbons (Fsp3) is 0.267. The van der Waals surface area contributed by atoms with Crippen molar-refractivity contribution in [2.24, 2.45) is 0 Å². The van der Waals surface area contributed by atoms with Crippen molar-refractivity contribution in [1.82, 2.24) is 9.71 Å². The van der Waals surface area contributed by atoms with Crippen molar-refractivity contribution in [3.63, 3.8) is 0 Å². The molecule has 1 aromatic heterocycles. The lowest BCUT2D eigenvalue weighted by molar-refractivity contribution is 0.591. The molecule has 0 fully saturated rings. The average molecular weight is 322 g/mol. The number of hydrogen-bond acceptors (Lipinski definition) is 4. The van der Waals surface area contributed by atoms with Gasteiger partial charge in [0.15, 0.2) is 0 Å². The van der Waals surface area contributed by atoms with Gasteiger partial charge in [0.25, 0.3) is 0 Å². The normalized spacial score (nSPS) is 12.0. The summed E-state index contributed by atoms with van der Waals surface area (Å²) in [7, 11) is -3.40. The van der Waals surface area contributed by atoms with Crippen LogP contribution in [0.5, 0.6) is 0 Å². The molecule has 0 saturated heterocycles. The summed E-state index contributed by atoms with van der Waals surface area (Å²) in [4.78, 5) is 5.49. The van der Waals surface area contributed by atoms with E-state index < -0.39 is 10.0 Å². The van der Waals surface area contributed by atoms with Gasteiger partial charge >= 0.3 is 0 Å². The lowest BCUT2D eigenvalue weighted by Crippen LogP contribution is -2.23. The van der Waals surface area contributed by atoms with Crippen LogP contribution in [0.2, 0.25) is 0 Å². The first kappa shape index (κ1) is 15.9. The molecule has 0 saturated carbocycles. The van der Waals surface area contributed by atoms with E-state index in [1.807, 2.05) is 36.5 Å². The Morgan fingerprint density at radius 1 is 1.29 bits per heavy atom. The van der Waals surface area contributed by atoms with Gasteiger partial charge < -0.3 is 0 Å². The highest BCUT2D eigenvalue weighted by molar-refractivity contribution is 7.92. The molecule has 0 aliphatic rings. The summed E-state index contributed by atoms with van der Waals surface area (Å²) in [6.45, 7) is 2.44. The van der Waals surface area contributed by atoms with Crippen LogP contribution in [0.15, 0.2) is 41.9 Å². The minimum absolute atomic E-state index is 0.359. The zero-order chi connectivity index (χ0) is 15.1. The third-order valence-corrected chi connectivity index (χ3v) is 5.13. The number of nitrogens with one attached hydrogen (secondary N) is 1. The largest absolute Gasteiger partial charge is 0.249 e. The minimum Gasteiger partial charge on any atom is -0.249 e. The number of rotatable bonds is 7. The molecule has 0 amide bonds. The number of benzene rings is 1. The van der Waals surface area contributed by atoms with Crippen LogP contribution in [-0.2, 0) is 22.9 Å². The summed E-state index contributed by atoms with van der Waals surface area (Å²) in [5.41, 5.74) is 0.857. The van der Waals surface area contributed by atoms with Gasteiger partial charge in [-0.1, -0.05) is 37.3 Å². The predicted octanol–water partition coefficient (Wildman–Crippen LogP) is 2.84. The van der Waals surface area contributed by atoms with Crippen molar-refractivity contribution < 1.29 is 8.42 Å². The monoisotopic (exact) mass is 322 g/mol. The summed E-state index contributed by atoms with van der Waals surface area (Å²) >= 11 is 1.63. The first-order chi connectivity index (χ1) is 10.1. The van der Waals surface area contributed by atoms with Crippen molar-refractivity contribution in [1.29, 1.82) is 0 Å². The number of thiazole rings is 1. The van der Waals surface area contributed by atoms with Crippen molar-refractivity contribution in [2.45, 2.75) is 19.8 Å². The zero-order valence-electron chi connectivity index (χ0n) is 11.8. The van der Waals surface area contributed by atoms with Crippen LogP contribution in [0.3, 0.4) is 0 Å². The van der Waals surface area contributed by atoms with Crippen molar-refractivity contribution in [3.05, 3.63) is 57.4 Å². The van der Waals surface area contributed by atoms with Gasteiger partial charge in [0.2, 0.25) is 10.0 Å². The van der Waals surface area contributed by atoms with Gasteiger partial charge in [-0.3, -0.25) is 0 Å². The molecular weight excluding hydrogens is 304 g/mol. The van der Waals surface area contributed by atoms with Gasteiger partial charge in [-0.05, 0) is 18.1 Å². The standard InChI is InChI=1S/C15H18N2O2S2/c1-2-14-12-16-15(20-14)8-10-17-21(18,19)11-9-13-6-4-3-5-7-13/h3-7,9,11-12,17H,2,8,10H2,1H3/b11-9+. The molecule has 0 radical (unpaired) electrons. The summed E-state index contributed by atoms with van der Waals surface area (Å²) < 4.78 is 26.2. The van der Waals surface area contributed by atoms with E-state index in [1.54, 1.807) is 17.4 Å². The Kier molecular flexibility index (Phi) is 5.67. The van der Waals surface area contributed by atoms with Gasteiger partial charge in [-0.15, -0.1) is 11.3 Å². The van der Waals surface area contributed by atoms with Gasteiger partial charge in [-0.25, -0.2) is 18.1 Å². The van der Waals surface area contributed by atoms with Crippen molar-refractivity contribution >= 4 is 27.4 Å². The van der Waals surface area contributed by atoms with Crippen LogP contribution in [0.4, 0.5) is 0 Å². The second-order valence-corrected chi connectivity index (χ2v) is 7.33. The Labute approximate surface area is 129 Å². The molecule has 0 unspecified atom stereocenters. The molecule has 0 bridgehead atoms. The molecule has 0 aliphatic carbocycles. The van der Waals surface area contributed by atoms with Crippen LogP contribution in [-0.4, -0.2) is 19.9 Å². The van der Waals surface area contributed by atoms with Gasteiger partial charge in [0.1, 0.15) is 0 Å². The third-order valence-electron chi connectivity index (χ3n) is 2.83. The van der Waals surface area contributed by atoms with Crippen molar-refractivity contribution in [2.75, 3.05) is 6.54 Å². The molecule has 2 rings (SSSR count). The molecule has 1 N–H and O–H groups in total. The molecule has 1 aromatic carbocycles. The lowest BCUT2D eigenvalue weighted by Gasteiger charge is -2.01. The smallest absolute Gasteiger partial charge is 0.233 e. The Balaban J connectivity index is 1.85. The van der Waals surface area contributed by atoms with Crippen LogP contribution in [0.25, 0.3) is 6.08 Å². The maximum absolute atomic E-state index is 11.8. The number of sulfonamides is 1. The Hall–Kier alpha value is -1.50.